The number of amides is 1. The second kappa shape index (κ2) is 10.4. The monoisotopic (exact) mass is 537 g/mol. The summed E-state index contributed by atoms with van der Waals surface area (Å²) >= 11 is 0. The van der Waals surface area contributed by atoms with Gasteiger partial charge in [-0.15, -0.1) is 0 Å². The zero-order chi connectivity index (χ0) is 26.9. The summed E-state index contributed by atoms with van der Waals surface area (Å²) in [5, 5.41) is 6.01. The van der Waals surface area contributed by atoms with Crippen LogP contribution in [0, 0.1) is 5.92 Å². The molecule has 1 saturated carbocycles. The number of carbonyl (C=O) groups excluding carboxylic acids is 2. The van der Waals surface area contributed by atoms with Crippen LogP contribution in [-0.4, -0.2) is 56.0 Å². The van der Waals surface area contributed by atoms with Crippen LogP contribution in [-0.2, 0) is 19.6 Å². The summed E-state index contributed by atoms with van der Waals surface area (Å²) in [6, 6.07) is 12.3. The van der Waals surface area contributed by atoms with Gasteiger partial charge in [0, 0.05) is 20.0 Å². The van der Waals surface area contributed by atoms with Crippen LogP contribution in [0.1, 0.15) is 47.2 Å². The van der Waals surface area contributed by atoms with Crippen molar-refractivity contribution in [3.05, 3.63) is 83.7 Å². The van der Waals surface area contributed by atoms with Crippen LogP contribution in [0.25, 0.3) is 6.08 Å². The lowest BCUT2D eigenvalue weighted by atomic mass is 9.79. The van der Waals surface area contributed by atoms with Gasteiger partial charge in [0.05, 0.1) is 28.7 Å². The van der Waals surface area contributed by atoms with Gasteiger partial charge in [0.15, 0.2) is 6.61 Å². The van der Waals surface area contributed by atoms with E-state index in [1.54, 1.807) is 24.7 Å². The summed E-state index contributed by atoms with van der Waals surface area (Å²) in [6.07, 6.45) is 7.61. The summed E-state index contributed by atoms with van der Waals surface area (Å²) in [5.41, 5.74) is 1.79. The number of nitrogens with zero attached hydrogens (tertiary/aromatic N) is 3. The molecular formula is C27H27N3O7S. The normalized spacial score (nSPS) is 20.4. The van der Waals surface area contributed by atoms with Crippen molar-refractivity contribution in [2.75, 3.05) is 20.7 Å². The van der Waals surface area contributed by atoms with Gasteiger partial charge in [-0.2, -0.15) is 5.10 Å². The minimum absolute atomic E-state index is 0.0217. The average molecular weight is 538 g/mol. The number of hydrogen-bond donors (Lipinski definition) is 0. The lowest BCUT2D eigenvalue weighted by Crippen LogP contribution is -2.34. The quantitative estimate of drug-likeness (QED) is 0.416. The Balaban J connectivity index is 1.37. The van der Waals surface area contributed by atoms with Crippen molar-refractivity contribution < 1.29 is 31.6 Å². The number of hydrazone groups is 1. The lowest BCUT2D eigenvalue weighted by Gasteiger charge is -2.27. The molecule has 2 aliphatic rings. The van der Waals surface area contributed by atoms with Crippen LogP contribution in [0.3, 0.4) is 0 Å². The van der Waals surface area contributed by atoms with Gasteiger partial charge in [-0.1, -0.05) is 6.07 Å². The van der Waals surface area contributed by atoms with E-state index in [-0.39, 0.29) is 16.4 Å². The van der Waals surface area contributed by atoms with Crippen LogP contribution in [0.4, 0.5) is 0 Å². The van der Waals surface area contributed by atoms with Gasteiger partial charge in [0.25, 0.3) is 5.91 Å². The predicted octanol–water partition coefficient (Wildman–Crippen LogP) is 4.10. The summed E-state index contributed by atoms with van der Waals surface area (Å²) in [5.74, 6) is -0.115. The highest BCUT2D eigenvalue weighted by Gasteiger charge is 2.45. The number of carbonyl (C=O) groups is 2. The van der Waals surface area contributed by atoms with Crippen LogP contribution in [0.2, 0.25) is 0 Å². The number of benzene rings is 1. The van der Waals surface area contributed by atoms with E-state index in [1.165, 1.54) is 43.4 Å². The Labute approximate surface area is 220 Å². The molecule has 1 amide bonds. The molecule has 0 bridgehead atoms. The fraction of sp³-hybridized carbons (Fsp3) is 0.296. The van der Waals surface area contributed by atoms with Gasteiger partial charge in [-0.05, 0) is 73.4 Å². The first-order valence-corrected chi connectivity index (χ1v) is 13.6. The molecule has 1 aliphatic carbocycles. The highest BCUT2D eigenvalue weighted by atomic mass is 32.2. The number of esters is 1. The van der Waals surface area contributed by atoms with Gasteiger partial charge in [0.1, 0.15) is 17.6 Å². The fourth-order valence-corrected chi connectivity index (χ4v) is 5.71. The molecule has 0 radical (unpaired) electrons. The van der Waals surface area contributed by atoms with Gasteiger partial charge < -0.3 is 13.6 Å². The number of hydrogen-bond acceptors (Lipinski definition) is 8. The van der Waals surface area contributed by atoms with Crippen LogP contribution >= 0.6 is 0 Å². The first-order valence-electron chi connectivity index (χ1n) is 12.1. The molecular weight excluding hydrogens is 510 g/mol. The molecule has 1 aromatic carbocycles. The molecule has 0 saturated heterocycles. The summed E-state index contributed by atoms with van der Waals surface area (Å²) in [6.45, 7) is -0.568. The maximum Gasteiger partial charge on any atom is 0.338 e. The standard InChI is InChI=1S/C27H27N3O7S/c1-29(2)38(33,34)21-10-3-8-19(16-21)27(32)37-17-24(31)30-26(23-12-6-14-36-23)22-11-4-7-18(25(22)28-30)15-20-9-5-13-35-20/h3,5-6,8-10,12-16,22,26H,4,7,11,17H2,1-2H3/b18-15-/t22-,26+/m1/s1. The molecule has 3 aromatic rings. The van der Waals surface area contributed by atoms with E-state index in [4.69, 9.17) is 13.6 Å². The Morgan fingerprint density at radius 1 is 1.13 bits per heavy atom. The van der Waals surface area contributed by atoms with Crippen molar-refractivity contribution >= 4 is 33.7 Å². The van der Waals surface area contributed by atoms with Crippen LogP contribution in [0.15, 0.2) is 85.5 Å². The molecule has 0 unspecified atom stereocenters. The first-order chi connectivity index (χ1) is 18.3. The van der Waals surface area contributed by atoms with E-state index in [2.05, 4.69) is 5.10 Å². The first kappa shape index (κ1) is 25.7. The van der Waals surface area contributed by atoms with E-state index in [1.807, 2.05) is 18.2 Å². The number of allylic oxidation sites excluding steroid dienone is 1. The minimum Gasteiger partial charge on any atom is -0.467 e. The topological polar surface area (TPSA) is 123 Å². The molecule has 0 spiro atoms. The zero-order valence-corrected chi connectivity index (χ0v) is 21.8. The highest BCUT2D eigenvalue weighted by molar-refractivity contribution is 7.89. The van der Waals surface area contributed by atoms with Gasteiger partial charge >= 0.3 is 5.97 Å². The lowest BCUT2D eigenvalue weighted by molar-refractivity contribution is -0.137. The third kappa shape index (κ3) is 4.94. The molecule has 2 atom stereocenters. The average Bonchev–Trinajstić information content (AvgIpc) is 3.68. The Bertz CT molecular complexity index is 1490. The van der Waals surface area contributed by atoms with Crippen LogP contribution < -0.4 is 0 Å². The van der Waals surface area contributed by atoms with E-state index >= 15 is 0 Å². The summed E-state index contributed by atoms with van der Waals surface area (Å²) < 4.78 is 42.3. The van der Waals surface area contributed by atoms with Gasteiger partial charge in [-0.3, -0.25) is 4.79 Å². The van der Waals surface area contributed by atoms with Crippen molar-refractivity contribution in [2.45, 2.75) is 30.2 Å². The van der Waals surface area contributed by atoms with Crippen molar-refractivity contribution in [1.29, 1.82) is 0 Å². The van der Waals surface area contributed by atoms with E-state index in [9.17, 15) is 18.0 Å². The third-order valence-electron chi connectivity index (χ3n) is 6.63. The molecule has 1 aliphatic heterocycles. The molecule has 5 rings (SSSR count). The van der Waals surface area contributed by atoms with Crippen LogP contribution in [0.5, 0.6) is 0 Å². The van der Waals surface area contributed by atoms with Crippen molar-refractivity contribution in [1.82, 2.24) is 9.31 Å². The summed E-state index contributed by atoms with van der Waals surface area (Å²) in [7, 11) is -0.933. The van der Waals surface area contributed by atoms with E-state index in [0.29, 0.717) is 11.5 Å². The maximum atomic E-state index is 13.3. The Kier molecular flexibility index (Phi) is 7.04. The fourth-order valence-electron chi connectivity index (χ4n) is 4.76. The second-order valence-electron chi connectivity index (χ2n) is 9.26. The molecule has 0 N–H and O–H groups in total. The number of sulfonamides is 1. The molecule has 38 heavy (non-hydrogen) atoms. The molecule has 2 aromatic heterocycles. The number of fused-ring (bicyclic) bond motifs is 1. The largest absolute Gasteiger partial charge is 0.467 e. The highest BCUT2D eigenvalue weighted by Crippen LogP contribution is 2.44. The Morgan fingerprint density at radius 3 is 2.63 bits per heavy atom. The SMILES string of the molecule is CN(C)S(=O)(=O)c1cccc(C(=O)OCC(=O)N2N=C3/C(=C\c4ccco4)CCC[C@H]3[C@H]2c2ccco2)c1. The van der Waals surface area contributed by atoms with Crippen molar-refractivity contribution in [3.8, 4) is 0 Å². The second-order valence-corrected chi connectivity index (χ2v) is 11.4. The minimum atomic E-state index is -3.74. The maximum absolute atomic E-state index is 13.3. The number of furan rings is 2. The van der Waals surface area contributed by atoms with Gasteiger partial charge in [-0.25, -0.2) is 22.5 Å². The molecule has 1 fully saturated rings. The molecule has 3 heterocycles. The molecule has 11 heteroatoms. The number of rotatable bonds is 7. The number of ether oxygens (including phenoxy) is 1. The Hall–Kier alpha value is -3.96. The zero-order valence-electron chi connectivity index (χ0n) is 20.9. The van der Waals surface area contributed by atoms with E-state index < -0.39 is 34.5 Å². The predicted molar refractivity (Wildman–Crippen MR) is 137 cm³/mol. The summed E-state index contributed by atoms with van der Waals surface area (Å²) in [4.78, 5) is 26.0. The van der Waals surface area contributed by atoms with Gasteiger partial charge in [0.2, 0.25) is 10.0 Å². The molecule has 10 nitrogen and oxygen atoms in total. The smallest absolute Gasteiger partial charge is 0.338 e. The molecule has 198 valence electrons. The Morgan fingerprint density at radius 2 is 1.92 bits per heavy atom. The van der Waals surface area contributed by atoms with Crippen molar-refractivity contribution in [2.24, 2.45) is 11.0 Å². The third-order valence-corrected chi connectivity index (χ3v) is 8.44. The van der Waals surface area contributed by atoms with E-state index in [0.717, 1.165) is 34.9 Å². The van der Waals surface area contributed by atoms with Crippen molar-refractivity contribution in [3.63, 3.8) is 0 Å².